The second kappa shape index (κ2) is 5.67. The summed E-state index contributed by atoms with van der Waals surface area (Å²) in [6.07, 6.45) is 4.29. The minimum Gasteiger partial charge on any atom is -0.387 e. The summed E-state index contributed by atoms with van der Waals surface area (Å²) in [4.78, 5) is 0. The van der Waals surface area contributed by atoms with Crippen LogP contribution in [0, 0.1) is 0 Å². The number of aliphatic hydroxyl groups is 1. The molecule has 0 spiro atoms. The molecule has 2 N–H and O–H groups in total. The molecular weight excluding hydrogens is 222 g/mol. The standard InChI is InChI=1S/C13H18ClNO/c14-11-7-5-10(6-8-11)13(16)12-4-2-1-3-9-15-12/h5-8,12-13,15-16H,1-4,9H2. The van der Waals surface area contributed by atoms with E-state index in [1.54, 1.807) is 0 Å². The third-order valence-electron chi connectivity index (χ3n) is 3.19. The van der Waals surface area contributed by atoms with Gasteiger partial charge in [0.15, 0.2) is 0 Å². The van der Waals surface area contributed by atoms with Crippen molar-refractivity contribution >= 4 is 11.6 Å². The lowest BCUT2D eigenvalue weighted by atomic mass is 9.99. The molecule has 2 unspecified atom stereocenters. The zero-order valence-electron chi connectivity index (χ0n) is 9.32. The first-order valence-electron chi connectivity index (χ1n) is 5.94. The van der Waals surface area contributed by atoms with Crippen LogP contribution in [0.5, 0.6) is 0 Å². The summed E-state index contributed by atoms with van der Waals surface area (Å²) >= 11 is 5.83. The largest absolute Gasteiger partial charge is 0.387 e. The van der Waals surface area contributed by atoms with Gasteiger partial charge in [0.25, 0.3) is 0 Å². The van der Waals surface area contributed by atoms with Gasteiger partial charge in [0.05, 0.1) is 6.10 Å². The van der Waals surface area contributed by atoms with Crippen LogP contribution in [-0.4, -0.2) is 17.7 Å². The maximum atomic E-state index is 10.3. The van der Waals surface area contributed by atoms with Crippen molar-refractivity contribution in [1.29, 1.82) is 0 Å². The van der Waals surface area contributed by atoms with Gasteiger partial charge in [-0.2, -0.15) is 0 Å². The smallest absolute Gasteiger partial charge is 0.0942 e. The number of hydrogen-bond donors (Lipinski definition) is 2. The molecule has 88 valence electrons. The molecule has 1 aliphatic heterocycles. The lowest BCUT2D eigenvalue weighted by Crippen LogP contribution is -2.34. The van der Waals surface area contributed by atoms with Crippen LogP contribution < -0.4 is 5.32 Å². The van der Waals surface area contributed by atoms with Gasteiger partial charge >= 0.3 is 0 Å². The van der Waals surface area contributed by atoms with Crippen LogP contribution in [0.2, 0.25) is 5.02 Å². The van der Waals surface area contributed by atoms with E-state index in [1.807, 2.05) is 24.3 Å². The van der Waals surface area contributed by atoms with Crippen LogP contribution in [-0.2, 0) is 0 Å². The van der Waals surface area contributed by atoms with Crippen LogP contribution in [0.15, 0.2) is 24.3 Å². The highest BCUT2D eigenvalue weighted by atomic mass is 35.5. The van der Waals surface area contributed by atoms with Crippen molar-refractivity contribution in [2.75, 3.05) is 6.54 Å². The minimum absolute atomic E-state index is 0.184. The molecule has 1 fully saturated rings. The van der Waals surface area contributed by atoms with E-state index in [9.17, 15) is 5.11 Å². The van der Waals surface area contributed by atoms with E-state index >= 15 is 0 Å². The summed E-state index contributed by atoms with van der Waals surface area (Å²) in [6, 6.07) is 7.65. The molecule has 1 aromatic carbocycles. The van der Waals surface area contributed by atoms with Crippen LogP contribution in [0.25, 0.3) is 0 Å². The predicted molar refractivity (Wildman–Crippen MR) is 66.7 cm³/mol. The van der Waals surface area contributed by atoms with E-state index in [0.29, 0.717) is 5.02 Å². The fourth-order valence-electron chi connectivity index (χ4n) is 2.22. The van der Waals surface area contributed by atoms with Crippen LogP contribution in [0.1, 0.15) is 37.4 Å². The summed E-state index contributed by atoms with van der Waals surface area (Å²) < 4.78 is 0. The third-order valence-corrected chi connectivity index (χ3v) is 3.44. The van der Waals surface area contributed by atoms with E-state index in [-0.39, 0.29) is 6.04 Å². The molecule has 1 saturated heterocycles. The second-order valence-corrected chi connectivity index (χ2v) is 4.84. The van der Waals surface area contributed by atoms with E-state index in [1.165, 1.54) is 19.3 Å². The second-order valence-electron chi connectivity index (χ2n) is 4.41. The maximum absolute atomic E-state index is 10.3. The highest BCUT2D eigenvalue weighted by molar-refractivity contribution is 6.30. The van der Waals surface area contributed by atoms with Gasteiger partial charge in [-0.1, -0.05) is 36.6 Å². The molecule has 16 heavy (non-hydrogen) atoms. The van der Waals surface area contributed by atoms with E-state index in [4.69, 9.17) is 11.6 Å². The molecule has 3 heteroatoms. The van der Waals surface area contributed by atoms with Crippen molar-refractivity contribution < 1.29 is 5.11 Å². The third kappa shape index (κ3) is 2.97. The monoisotopic (exact) mass is 239 g/mol. The fraction of sp³-hybridized carbons (Fsp3) is 0.538. The molecule has 0 aliphatic carbocycles. The number of hydrogen-bond acceptors (Lipinski definition) is 2. The fourth-order valence-corrected chi connectivity index (χ4v) is 2.34. The van der Waals surface area contributed by atoms with Gasteiger partial charge in [0.2, 0.25) is 0 Å². The molecule has 0 radical (unpaired) electrons. The number of halogens is 1. The molecule has 0 bridgehead atoms. The summed E-state index contributed by atoms with van der Waals surface area (Å²) in [5.74, 6) is 0. The molecule has 2 atom stereocenters. The first-order valence-corrected chi connectivity index (χ1v) is 6.32. The molecule has 0 amide bonds. The van der Waals surface area contributed by atoms with Gasteiger partial charge < -0.3 is 10.4 Å². The summed E-state index contributed by atoms with van der Waals surface area (Å²) in [5.41, 5.74) is 0.948. The van der Waals surface area contributed by atoms with Crippen molar-refractivity contribution in [3.8, 4) is 0 Å². The summed E-state index contributed by atoms with van der Waals surface area (Å²) in [5, 5.41) is 14.4. The Hall–Kier alpha value is -0.570. The quantitative estimate of drug-likeness (QED) is 0.832. The van der Waals surface area contributed by atoms with Gasteiger partial charge in [0.1, 0.15) is 0 Å². The maximum Gasteiger partial charge on any atom is 0.0942 e. The van der Waals surface area contributed by atoms with Crippen molar-refractivity contribution in [2.24, 2.45) is 0 Å². The molecule has 1 aromatic rings. The Bertz CT molecular complexity index is 317. The molecule has 0 aromatic heterocycles. The molecule has 0 saturated carbocycles. The van der Waals surface area contributed by atoms with E-state index in [2.05, 4.69) is 5.32 Å². The Labute approximate surface area is 102 Å². The molecule has 1 heterocycles. The minimum atomic E-state index is -0.421. The predicted octanol–water partition coefficient (Wildman–Crippen LogP) is 2.91. The molecule has 2 nitrogen and oxygen atoms in total. The zero-order chi connectivity index (χ0) is 11.4. The van der Waals surface area contributed by atoms with Crippen molar-refractivity contribution in [3.63, 3.8) is 0 Å². The van der Waals surface area contributed by atoms with Gasteiger partial charge in [-0.15, -0.1) is 0 Å². The first-order chi connectivity index (χ1) is 7.77. The lowest BCUT2D eigenvalue weighted by molar-refractivity contribution is 0.126. The normalized spacial score (nSPS) is 23.8. The van der Waals surface area contributed by atoms with Crippen molar-refractivity contribution in [2.45, 2.75) is 37.8 Å². The number of rotatable bonds is 2. The number of nitrogens with one attached hydrogen (secondary N) is 1. The Morgan fingerprint density at radius 2 is 1.94 bits per heavy atom. The lowest BCUT2D eigenvalue weighted by Gasteiger charge is -2.22. The number of aliphatic hydroxyl groups excluding tert-OH is 1. The Kier molecular flexibility index (Phi) is 4.22. The SMILES string of the molecule is OC(c1ccc(Cl)cc1)C1CCCCCN1. The number of benzene rings is 1. The Balaban J connectivity index is 2.04. The molecule has 2 rings (SSSR count). The van der Waals surface area contributed by atoms with E-state index in [0.717, 1.165) is 18.5 Å². The topological polar surface area (TPSA) is 32.3 Å². The Morgan fingerprint density at radius 3 is 2.69 bits per heavy atom. The van der Waals surface area contributed by atoms with Crippen LogP contribution >= 0.6 is 11.6 Å². The van der Waals surface area contributed by atoms with Gasteiger partial charge in [-0.3, -0.25) is 0 Å². The molecule has 1 aliphatic rings. The highest BCUT2D eigenvalue weighted by Gasteiger charge is 2.21. The summed E-state index contributed by atoms with van der Waals surface area (Å²) in [7, 11) is 0. The summed E-state index contributed by atoms with van der Waals surface area (Å²) in [6.45, 7) is 1.01. The first kappa shape index (κ1) is 11.9. The van der Waals surface area contributed by atoms with E-state index < -0.39 is 6.10 Å². The van der Waals surface area contributed by atoms with Crippen LogP contribution in [0.4, 0.5) is 0 Å². The zero-order valence-corrected chi connectivity index (χ0v) is 10.1. The van der Waals surface area contributed by atoms with Gasteiger partial charge in [-0.25, -0.2) is 0 Å². The van der Waals surface area contributed by atoms with Gasteiger partial charge in [0, 0.05) is 11.1 Å². The van der Waals surface area contributed by atoms with Crippen molar-refractivity contribution in [1.82, 2.24) is 5.32 Å². The highest BCUT2D eigenvalue weighted by Crippen LogP contribution is 2.23. The van der Waals surface area contributed by atoms with Crippen molar-refractivity contribution in [3.05, 3.63) is 34.9 Å². The average Bonchev–Trinajstić information content (AvgIpc) is 2.57. The average molecular weight is 240 g/mol. The molecular formula is C13H18ClNO. The Morgan fingerprint density at radius 1 is 1.19 bits per heavy atom. The van der Waals surface area contributed by atoms with Gasteiger partial charge in [-0.05, 0) is 37.1 Å². The van der Waals surface area contributed by atoms with Crippen LogP contribution in [0.3, 0.4) is 0 Å².